The van der Waals surface area contributed by atoms with Crippen molar-refractivity contribution in [3.8, 4) is 0 Å². The molecule has 7 nitrogen and oxygen atoms in total. The first-order valence-electron chi connectivity index (χ1n) is 8.14. The van der Waals surface area contributed by atoms with Crippen molar-refractivity contribution in [1.82, 2.24) is 10.2 Å². The molecular weight excluding hydrogens is 329 g/mol. The van der Waals surface area contributed by atoms with Gasteiger partial charge in [0.15, 0.2) is 13.1 Å². The molecule has 0 saturated heterocycles. The highest BCUT2D eigenvalue weighted by atomic mass is 19.1. The minimum Gasteiger partial charge on any atom is -0.450 e. The molecule has 8 heteroatoms. The molecule has 138 valence electrons. The molecule has 0 aliphatic carbocycles. The van der Waals surface area contributed by atoms with Crippen molar-refractivity contribution in [3.05, 3.63) is 35.6 Å². The monoisotopic (exact) mass is 354 g/mol. The van der Waals surface area contributed by atoms with E-state index in [1.54, 1.807) is 26.1 Å². The second-order valence-corrected chi connectivity index (χ2v) is 5.60. The lowest BCUT2D eigenvalue weighted by Gasteiger charge is -2.21. The number of hydrogen-bond acceptors (Lipinski definition) is 4. The number of quaternary nitrogens is 1. The molecule has 1 atom stereocenters. The van der Waals surface area contributed by atoms with Gasteiger partial charge in [-0.3, -0.25) is 14.9 Å². The molecule has 2 N–H and O–H groups in total. The lowest BCUT2D eigenvalue weighted by atomic mass is 10.2. The van der Waals surface area contributed by atoms with Gasteiger partial charge in [0.05, 0.1) is 13.2 Å². The highest BCUT2D eigenvalue weighted by Gasteiger charge is 2.20. The number of ether oxygens (including phenoxy) is 1. The quantitative estimate of drug-likeness (QED) is 0.687. The van der Waals surface area contributed by atoms with E-state index in [4.69, 9.17) is 0 Å². The molecule has 1 rings (SSSR count). The van der Waals surface area contributed by atoms with E-state index in [0.717, 1.165) is 10.5 Å². The van der Waals surface area contributed by atoms with E-state index >= 15 is 0 Å². The fraction of sp³-hybridized carbons (Fsp3) is 0.471. The van der Waals surface area contributed by atoms with E-state index in [0.29, 0.717) is 13.1 Å². The van der Waals surface area contributed by atoms with Crippen LogP contribution in [0.25, 0.3) is 0 Å². The summed E-state index contributed by atoms with van der Waals surface area (Å²) in [6, 6.07) is 5.93. The van der Waals surface area contributed by atoms with Gasteiger partial charge in [-0.2, -0.15) is 0 Å². The van der Waals surface area contributed by atoms with Crippen LogP contribution in [0.3, 0.4) is 0 Å². The average Bonchev–Trinajstić information content (AvgIpc) is 2.56. The van der Waals surface area contributed by atoms with E-state index in [-0.39, 0.29) is 31.4 Å². The van der Waals surface area contributed by atoms with Gasteiger partial charge in [-0.1, -0.05) is 12.1 Å². The molecule has 0 spiro atoms. The predicted octanol–water partition coefficient (Wildman–Crippen LogP) is -0.0384. The maximum atomic E-state index is 12.9. The van der Waals surface area contributed by atoms with E-state index in [9.17, 15) is 18.8 Å². The van der Waals surface area contributed by atoms with Gasteiger partial charge in [-0.15, -0.1) is 0 Å². The van der Waals surface area contributed by atoms with Gasteiger partial charge in [0.1, 0.15) is 5.82 Å². The first kappa shape index (κ1) is 20.6. The smallest absolute Gasteiger partial charge is 0.414 e. The molecule has 0 radical (unpaired) electrons. The Morgan fingerprint density at radius 1 is 1.16 bits per heavy atom. The number of nitrogens with zero attached hydrogens (tertiary/aromatic N) is 1. The lowest BCUT2D eigenvalue weighted by Crippen LogP contribution is -3.14. The van der Waals surface area contributed by atoms with Crippen molar-refractivity contribution in [2.45, 2.75) is 20.4 Å². The van der Waals surface area contributed by atoms with Crippen molar-refractivity contribution in [2.24, 2.45) is 0 Å². The minimum atomic E-state index is -0.789. The summed E-state index contributed by atoms with van der Waals surface area (Å²) in [7, 11) is 1.65. The van der Waals surface area contributed by atoms with Gasteiger partial charge >= 0.3 is 6.09 Å². The number of rotatable bonds is 8. The molecule has 0 aromatic heterocycles. The Hall–Kier alpha value is -2.48. The van der Waals surface area contributed by atoms with Crippen LogP contribution in [-0.2, 0) is 20.9 Å². The number of halogens is 1. The van der Waals surface area contributed by atoms with Crippen molar-refractivity contribution >= 4 is 17.9 Å². The third kappa shape index (κ3) is 7.75. The fourth-order valence-electron chi connectivity index (χ4n) is 2.17. The number of likely N-dealkylation sites (N-methyl/N-ethyl adjacent to an activating group) is 2. The molecule has 1 aromatic rings. The van der Waals surface area contributed by atoms with Gasteiger partial charge in [0.25, 0.3) is 11.8 Å². The van der Waals surface area contributed by atoms with Crippen molar-refractivity contribution in [1.29, 1.82) is 0 Å². The van der Waals surface area contributed by atoms with Crippen LogP contribution in [-0.4, -0.2) is 56.1 Å². The number of carbonyl (C=O) groups excluding carboxylic acids is 3. The number of benzene rings is 1. The average molecular weight is 354 g/mol. The van der Waals surface area contributed by atoms with Gasteiger partial charge in [-0.25, -0.2) is 9.18 Å². The highest BCUT2D eigenvalue weighted by Crippen LogP contribution is 2.05. The number of carbonyl (C=O) groups is 3. The molecule has 0 heterocycles. The van der Waals surface area contributed by atoms with E-state index < -0.39 is 12.0 Å². The maximum Gasteiger partial charge on any atom is 0.414 e. The summed E-state index contributed by atoms with van der Waals surface area (Å²) in [6.07, 6.45) is -0.789. The number of nitrogens with one attached hydrogen (secondary N) is 2. The normalized spacial score (nSPS) is 11.5. The summed E-state index contributed by atoms with van der Waals surface area (Å²) in [5.41, 5.74) is 0.815. The van der Waals surface area contributed by atoms with Gasteiger partial charge in [-0.05, 0) is 31.5 Å². The second kappa shape index (κ2) is 10.4. The van der Waals surface area contributed by atoms with Crippen LogP contribution in [0.15, 0.2) is 24.3 Å². The van der Waals surface area contributed by atoms with Crippen LogP contribution >= 0.6 is 0 Å². The Labute approximate surface area is 146 Å². The lowest BCUT2D eigenvalue weighted by molar-refractivity contribution is -0.882. The zero-order valence-electron chi connectivity index (χ0n) is 14.8. The third-order valence-corrected chi connectivity index (χ3v) is 3.59. The Morgan fingerprint density at radius 2 is 1.80 bits per heavy atom. The SMILES string of the molecule is CCOC(=O)NC(=O)C[NH+](CC)CC(=O)N(C)Cc1ccc(F)cc1. The third-order valence-electron chi connectivity index (χ3n) is 3.59. The Kier molecular flexibility index (Phi) is 8.55. The molecular formula is C17H25FN3O4+. The van der Waals surface area contributed by atoms with Crippen LogP contribution in [0.4, 0.5) is 9.18 Å². The summed E-state index contributed by atoms with van der Waals surface area (Å²) in [6.45, 7) is 4.67. The molecule has 3 amide bonds. The molecule has 0 saturated carbocycles. The largest absolute Gasteiger partial charge is 0.450 e. The van der Waals surface area contributed by atoms with Crippen LogP contribution in [0.2, 0.25) is 0 Å². The summed E-state index contributed by atoms with van der Waals surface area (Å²) in [4.78, 5) is 37.5. The summed E-state index contributed by atoms with van der Waals surface area (Å²) >= 11 is 0. The van der Waals surface area contributed by atoms with Crippen molar-refractivity contribution in [3.63, 3.8) is 0 Å². The number of imide groups is 1. The molecule has 0 aliphatic heterocycles. The first-order chi connectivity index (χ1) is 11.8. The van der Waals surface area contributed by atoms with Crippen molar-refractivity contribution in [2.75, 3.05) is 33.3 Å². The van der Waals surface area contributed by atoms with Gasteiger partial charge in [0, 0.05) is 13.6 Å². The minimum absolute atomic E-state index is 0.00849. The fourth-order valence-corrected chi connectivity index (χ4v) is 2.17. The Balaban J connectivity index is 2.49. The zero-order chi connectivity index (χ0) is 18.8. The molecule has 1 aromatic carbocycles. The zero-order valence-corrected chi connectivity index (χ0v) is 14.8. The topological polar surface area (TPSA) is 80.1 Å². The Morgan fingerprint density at radius 3 is 2.36 bits per heavy atom. The molecule has 0 bridgehead atoms. The van der Waals surface area contributed by atoms with Crippen LogP contribution < -0.4 is 10.2 Å². The number of alkyl carbamates (subject to hydrolysis) is 1. The summed E-state index contributed by atoms with van der Waals surface area (Å²) in [5.74, 6) is -0.971. The van der Waals surface area contributed by atoms with Crippen LogP contribution in [0.5, 0.6) is 0 Å². The van der Waals surface area contributed by atoms with Gasteiger partial charge in [0.2, 0.25) is 0 Å². The number of amides is 3. The van der Waals surface area contributed by atoms with E-state index in [2.05, 4.69) is 10.1 Å². The van der Waals surface area contributed by atoms with Crippen LogP contribution in [0, 0.1) is 5.82 Å². The molecule has 0 fully saturated rings. The predicted molar refractivity (Wildman–Crippen MR) is 89.3 cm³/mol. The molecule has 25 heavy (non-hydrogen) atoms. The van der Waals surface area contributed by atoms with Gasteiger partial charge < -0.3 is 14.5 Å². The molecule has 0 aliphatic rings. The highest BCUT2D eigenvalue weighted by molar-refractivity contribution is 5.92. The van der Waals surface area contributed by atoms with E-state index in [1.807, 2.05) is 6.92 Å². The molecule has 1 unspecified atom stereocenters. The maximum absolute atomic E-state index is 12.9. The van der Waals surface area contributed by atoms with Crippen LogP contribution in [0.1, 0.15) is 19.4 Å². The van der Waals surface area contributed by atoms with E-state index in [1.165, 1.54) is 17.0 Å². The van der Waals surface area contributed by atoms with Crippen molar-refractivity contribution < 1.29 is 28.4 Å². The number of hydrogen-bond donors (Lipinski definition) is 2. The summed E-state index contributed by atoms with van der Waals surface area (Å²) < 4.78 is 17.5. The standard InChI is InChI=1S/C17H24FN3O4/c1-4-21(11-15(22)19-17(24)25-5-2)12-16(23)20(3)10-13-6-8-14(18)9-7-13/h6-9H,4-5,10-12H2,1-3H3,(H,19,22,24)/p+1. The second-order valence-electron chi connectivity index (χ2n) is 5.60. The first-order valence-corrected chi connectivity index (χ1v) is 8.14. The Bertz CT molecular complexity index is 592. The summed E-state index contributed by atoms with van der Waals surface area (Å²) in [5, 5.41) is 2.11.